The van der Waals surface area contributed by atoms with Crippen LogP contribution in [0.5, 0.6) is 0 Å². The average Bonchev–Trinajstić information content (AvgIpc) is 2.99. The number of aromatic nitrogens is 1. The normalized spacial score (nSPS) is 17.3. The monoisotopic (exact) mass is 362 g/mol. The molecule has 5 nitrogen and oxygen atoms in total. The van der Waals surface area contributed by atoms with Crippen LogP contribution in [-0.2, 0) is 16.1 Å². The molecule has 6 heteroatoms. The van der Waals surface area contributed by atoms with Crippen LogP contribution in [0.15, 0.2) is 39.4 Å². The van der Waals surface area contributed by atoms with Gasteiger partial charge in [0.1, 0.15) is 6.54 Å². The first-order chi connectivity index (χ1) is 10.4. The Hall–Kier alpha value is -1.95. The maximum atomic E-state index is 12.2. The zero-order valence-electron chi connectivity index (χ0n) is 12.3. The number of hydrogen-bond acceptors (Lipinski definition) is 4. The van der Waals surface area contributed by atoms with Crippen molar-refractivity contribution in [2.45, 2.75) is 26.8 Å². The summed E-state index contributed by atoms with van der Waals surface area (Å²) >= 11 is 3.38. The molecule has 1 aromatic carbocycles. The predicted molar refractivity (Wildman–Crippen MR) is 83.6 cm³/mol. The third-order valence-corrected chi connectivity index (χ3v) is 4.22. The lowest BCUT2D eigenvalue weighted by molar-refractivity contribution is -0.141. The minimum absolute atomic E-state index is 0.0810. The van der Waals surface area contributed by atoms with Gasteiger partial charge in [-0.1, -0.05) is 41.9 Å². The van der Waals surface area contributed by atoms with Gasteiger partial charge in [0.15, 0.2) is 5.76 Å². The van der Waals surface area contributed by atoms with Crippen LogP contribution in [0, 0.1) is 5.41 Å². The highest BCUT2D eigenvalue weighted by Crippen LogP contribution is 2.33. The van der Waals surface area contributed by atoms with Crippen LogP contribution in [0.4, 0.5) is 0 Å². The molecular formula is C16H15BrN2O3. The van der Waals surface area contributed by atoms with Crippen molar-refractivity contribution in [3.63, 3.8) is 0 Å². The van der Waals surface area contributed by atoms with Crippen LogP contribution >= 0.6 is 15.9 Å². The number of nitrogens with zero attached hydrogens (tertiary/aromatic N) is 2. The second-order valence-corrected chi connectivity index (χ2v) is 6.89. The summed E-state index contributed by atoms with van der Waals surface area (Å²) < 4.78 is 6.64. The van der Waals surface area contributed by atoms with Crippen LogP contribution in [0.3, 0.4) is 0 Å². The second kappa shape index (κ2) is 5.35. The van der Waals surface area contributed by atoms with E-state index in [1.807, 2.05) is 24.3 Å². The minimum atomic E-state index is -0.641. The van der Waals surface area contributed by atoms with E-state index in [0.717, 1.165) is 10.0 Å². The number of hydrogen-bond donors (Lipinski definition) is 0. The van der Waals surface area contributed by atoms with Gasteiger partial charge in [-0.3, -0.25) is 14.5 Å². The lowest BCUT2D eigenvalue weighted by atomic mass is 9.92. The van der Waals surface area contributed by atoms with Crippen LogP contribution in [0.25, 0.3) is 11.3 Å². The smallest absolute Gasteiger partial charge is 0.235 e. The van der Waals surface area contributed by atoms with Crippen LogP contribution in [0.2, 0.25) is 0 Å². The van der Waals surface area contributed by atoms with Crippen molar-refractivity contribution in [2.75, 3.05) is 0 Å². The first kappa shape index (κ1) is 15.0. The first-order valence-electron chi connectivity index (χ1n) is 6.92. The molecule has 1 saturated heterocycles. The van der Waals surface area contributed by atoms with Crippen LogP contribution in [0.1, 0.15) is 26.2 Å². The molecule has 1 aliphatic rings. The Bertz CT molecular complexity index is 734. The largest absolute Gasteiger partial charge is 0.439 e. The maximum Gasteiger partial charge on any atom is 0.235 e. The fourth-order valence-corrected chi connectivity index (χ4v) is 2.72. The average molecular weight is 363 g/mol. The van der Waals surface area contributed by atoms with E-state index in [1.54, 1.807) is 20.0 Å². The number of oxazole rings is 1. The van der Waals surface area contributed by atoms with Crippen molar-refractivity contribution in [3.8, 4) is 11.3 Å². The Labute approximate surface area is 136 Å². The Morgan fingerprint density at radius 3 is 2.55 bits per heavy atom. The molecule has 0 radical (unpaired) electrons. The summed E-state index contributed by atoms with van der Waals surface area (Å²) in [5, 5.41) is 0. The van der Waals surface area contributed by atoms with E-state index >= 15 is 0 Å². The summed E-state index contributed by atoms with van der Waals surface area (Å²) in [5.41, 5.74) is 0.249. The van der Waals surface area contributed by atoms with Crippen molar-refractivity contribution >= 4 is 27.7 Å². The number of likely N-dealkylation sites (tertiary alicyclic amines) is 1. The molecule has 0 bridgehead atoms. The summed E-state index contributed by atoms with van der Waals surface area (Å²) in [6.45, 7) is 3.63. The number of benzene rings is 1. The molecule has 2 amide bonds. The van der Waals surface area contributed by atoms with Gasteiger partial charge >= 0.3 is 0 Å². The van der Waals surface area contributed by atoms with E-state index in [4.69, 9.17) is 4.42 Å². The van der Waals surface area contributed by atoms with Crippen molar-refractivity contribution in [3.05, 3.63) is 40.8 Å². The molecule has 1 fully saturated rings. The third-order valence-electron chi connectivity index (χ3n) is 3.69. The van der Waals surface area contributed by atoms with Gasteiger partial charge < -0.3 is 4.42 Å². The lowest BCUT2D eigenvalue weighted by Crippen LogP contribution is -2.32. The van der Waals surface area contributed by atoms with Crippen LogP contribution < -0.4 is 0 Å². The van der Waals surface area contributed by atoms with Gasteiger partial charge in [-0.25, -0.2) is 4.98 Å². The Kier molecular flexibility index (Phi) is 3.64. The minimum Gasteiger partial charge on any atom is -0.439 e. The molecule has 1 aliphatic heterocycles. The van der Waals surface area contributed by atoms with Crippen molar-refractivity contribution in [1.82, 2.24) is 9.88 Å². The Morgan fingerprint density at radius 2 is 1.95 bits per heavy atom. The molecular weight excluding hydrogens is 348 g/mol. The second-order valence-electron chi connectivity index (χ2n) is 5.97. The van der Waals surface area contributed by atoms with Gasteiger partial charge in [-0.15, -0.1) is 0 Å². The number of imide groups is 1. The summed E-state index contributed by atoms with van der Waals surface area (Å²) in [4.78, 5) is 29.5. The predicted octanol–water partition coefficient (Wildman–Crippen LogP) is 3.39. The quantitative estimate of drug-likeness (QED) is 0.785. The van der Waals surface area contributed by atoms with E-state index in [2.05, 4.69) is 20.9 Å². The summed E-state index contributed by atoms with van der Waals surface area (Å²) in [7, 11) is 0. The van der Waals surface area contributed by atoms with Crippen molar-refractivity contribution in [2.24, 2.45) is 5.41 Å². The van der Waals surface area contributed by atoms with E-state index < -0.39 is 5.41 Å². The first-order valence-corrected chi connectivity index (χ1v) is 7.71. The summed E-state index contributed by atoms with van der Waals surface area (Å²) in [6, 6.07) is 7.63. The number of rotatable bonds is 3. The Balaban J connectivity index is 1.79. The molecule has 0 aliphatic carbocycles. The van der Waals surface area contributed by atoms with E-state index in [9.17, 15) is 9.59 Å². The van der Waals surface area contributed by atoms with Gasteiger partial charge in [-0.05, 0) is 12.1 Å². The SMILES string of the molecule is CC1(C)CC(=O)N(Cc2ncc(-c3ccc(Br)cc3)o2)C1=O. The fourth-order valence-electron chi connectivity index (χ4n) is 2.45. The molecule has 0 atom stereocenters. The lowest BCUT2D eigenvalue weighted by Gasteiger charge is -2.15. The number of carbonyl (C=O) groups excluding carboxylic acids is 2. The number of carbonyl (C=O) groups is 2. The molecule has 3 rings (SSSR count). The zero-order valence-corrected chi connectivity index (χ0v) is 13.9. The van der Waals surface area contributed by atoms with E-state index in [1.165, 1.54) is 4.90 Å². The summed E-state index contributed by atoms with van der Waals surface area (Å²) in [6.07, 6.45) is 1.83. The molecule has 1 aromatic heterocycles. The molecule has 2 aromatic rings. The molecule has 22 heavy (non-hydrogen) atoms. The topological polar surface area (TPSA) is 63.4 Å². The van der Waals surface area contributed by atoms with E-state index in [0.29, 0.717) is 11.7 Å². The molecule has 0 spiro atoms. The molecule has 114 valence electrons. The number of amides is 2. The highest BCUT2D eigenvalue weighted by molar-refractivity contribution is 9.10. The number of halogens is 1. The molecule has 2 heterocycles. The highest BCUT2D eigenvalue weighted by Gasteiger charge is 2.45. The van der Waals surface area contributed by atoms with Gasteiger partial charge in [0.25, 0.3) is 0 Å². The summed E-state index contributed by atoms with van der Waals surface area (Å²) in [5.74, 6) is 0.609. The molecule has 0 N–H and O–H groups in total. The molecule has 0 unspecified atom stereocenters. The Morgan fingerprint density at radius 1 is 1.27 bits per heavy atom. The maximum absolute atomic E-state index is 12.2. The van der Waals surface area contributed by atoms with E-state index in [-0.39, 0.29) is 24.8 Å². The van der Waals surface area contributed by atoms with Gasteiger partial charge in [0.05, 0.1) is 11.6 Å². The van der Waals surface area contributed by atoms with Gasteiger partial charge in [-0.2, -0.15) is 0 Å². The van der Waals surface area contributed by atoms with Crippen molar-refractivity contribution in [1.29, 1.82) is 0 Å². The van der Waals surface area contributed by atoms with Crippen LogP contribution in [-0.4, -0.2) is 21.7 Å². The highest BCUT2D eigenvalue weighted by atomic mass is 79.9. The zero-order chi connectivity index (χ0) is 15.9. The van der Waals surface area contributed by atoms with Gasteiger partial charge in [0, 0.05) is 16.5 Å². The standard InChI is InChI=1S/C16H15BrN2O3/c1-16(2)7-14(20)19(15(16)21)9-13-18-8-12(22-13)10-3-5-11(17)6-4-10/h3-6,8H,7,9H2,1-2H3. The molecule has 0 saturated carbocycles. The fraction of sp³-hybridized carbons (Fsp3) is 0.312. The van der Waals surface area contributed by atoms with Crippen molar-refractivity contribution < 1.29 is 14.0 Å². The third kappa shape index (κ3) is 2.70. The van der Waals surface area contributed by atoms with Gasteiger partial charge in [0.2, 0.25) is 17.7 Å².